The van der Waals surface area contributed by atoms with Gasteiger partial charge in [0.1, 0.15) is 23.9 Å². The number of carbonyl (C=O) groups excluding carboxylic acids is 1. The van der Waals surface area contributed by atoms with Gasteiger partial charge in [0.25, 0.3) is 5.91 Å². The number of anilines is 1. The van der Waals surface area contributed by atoms with Crippen molar-refractivity contribution < 1.29 is 19.0 Å². The first-order chi connectivity index (χ1) is 13.2. The van der Waals surface area contributed by atoms with Gasteiger partial charge in [-0.2, -0.15) is 0 Å². The van der Waals surface area contributed by atoms with Gasteiger partial charge in [-0.1, -0.05) is 36.4 Å². The summed E-state index contributed by atoms with van der Waals surface area (Å²) in [5, 5.41) is 2.85. The van der Waals surface area contributed by atoms with E-state index >= 15 is 0 Å². The molecule has 0 unspecified atom stereocenters. The average Bonchev–Trinajstić information content (AvgIpc) is 2.73. The fourth-order valence-corrected chi connectivity index (χ4v) is 2.57. The Morgan fingerprint density at radius 2 is 1.67 bits per heavy atom. The van der Waals surface area contributed by atoms with Crippen LogP contribution in [0.25, 0.3) is 0 Å². The summed E-state index contributed by atoms with van der Waals surface area (Å²) in [5.41, 5.74) is 2.09. The third kappa shape index (κ3) is 4.79. The van der Waals surface area contributed by atoms with E-state index in [2.05, 4.69) is 5.32 Å². The highest BCUT2D eigenvalue weighted by atomic mass is 16.5. The van der Waals surface area contributed by atoms with Crippen molar-refractivity contribution in [3.05, 3.63) is 83.9 Å². The fraction of sp³-hybridized carbons (Fsp3) is 0.136. The zero-order chi connectivity index (χ0) is 19.1. The first kappa shape index (κ1) is 18.3. The van der Waals surface area contributed by atoms with Crippen molar-refractivity contribution in [3.63, 3.8) is 0 Å². The molecule has 0 saturated heterocycles. The SMILES string of the molecule is COc1ccc(OC)c(NC(=O)c2cccc(OCc3ccccc3)c2)c1. The average molecular weight is 363 g/mol. The van der Waals surface area contributed by atoms with Crippen molar-refractivity contribution in [2.45, 2.75) is 6.61 Å². The standard InChI is InChI=1S/C22H21NO4/c1-25-18-11-12-21(26-2)20(14-18)23-22(24)17-9-6-10-19(13-17)27-15-16-7-4-3-5-8-16/h3-14H,15H2,1-2H3,(H,23,24). The lowest BCUT2D eigenvalue weighted by atomic mass is 10.2. The largest absolute Gasteiger partial charge is 0.497 e. The maximum Gasteiger partial charge on any atom is 0.255 e. The molecule has 3 aromatic rings. The molecule has 5 heteroatoms. The molecule has 3 aromatic carbocycles. The second-order valence-electron chi connectivity index (χ2n) is 5.82. The van der Waals surface area contributed by atoms with Crippen LogP contribution >= 0.6 is 0 Å². The number of hydrogen-bond donors (Lipinski definition) is 1. The highest BCUT2D eigenvalue weighted by Gasteiger charge is 2.12. The summed E-state index contributed by atoms with van der Waals surface area (Å²) in [6.07, 6.45) is 0. The van der Waals surface area contributed by atoms with E-state index in [0.717, 1.165) is 5.56 Å². The third-order valence-electron chi connectivity index (χ3n) is 4.00. The van der Waals surface area contributed by atoms with E-state index in [4.69, 9.17) is 14.2 Å². The number of nitrogens with one attached hydrogen (secondary N) is 1. The van der Waals surface area contributed by atoms with Crippen molar-refractivity contribution in [2.24, 2.45) is 0 Å². The number of methoxy groups -OCH3 is 2. The Balaban J connectivity index is 1.72. The van der Waals surface area contributed by atoms with Crippen LogP contribution in [0.15, 0.2) is 72.8 Å². The van der Waals surface area contributed by atoms with Gasteiger partial charge in [-0.25, -0.2) is 0 Å². The minimum absolute atomic E-state index is 0.258. The Morgan fingerprint density at radius 1 is 0.852 bits per heavy atom. The summed E-state index contributed by atoms with van der Waals surface area (Å²) in [6.45, 7) is 0.440. The van der Waals surface area contributed by atoms with Gasteiger partial charge in [-0.3, -0.25) is 4.79 Å². The van der Waals surface area contributed by atoms with Crippen LogP contribution in [0.3, 0.4) is 0 Å². The Bertz CT molecular complexity index is 909. The van der Waals surface area contributed by atoms with E-state index in [0.29, 0.717) is 35.1 Å². The van der Waals surface area contributed by atoms with E-state index < -0.39 is 0 Å². The van der Waals surface area contributed by atoms with E-state index in [1.807, 2.05) is 36.4 Å². The predicted octanol–water partition coefficient (Wildman–Crippen LogP) is 4.54. The zero-order valence-corrected chi connectivity index (χ0v) is 15.3. The highest BCUT2D eigenvalue weighted by molar-refractivity contribution is 6.05. The molecule has 0 aromatic heterocycles. The zero-order valence-electron chi connectivity index (χ0n) is 15.3. The van der Waals surface area contributed by atoms with Crippen LogP contribution in [0.5, 0.6) is 17.2 Å². The molecule has 0 atom stereocenters. The molecule has 0 fully saturated rings. The van der Waals surface area contributed by atoms with Crippen LogP contribution in [0, 0.1) is 0 Å². The Labute approximate surface area is 158 Å². The Kier molecular flexibility index (Phi) is 5.94. The second-order valence-corrected chi connectivity index (χ2v) is 5.82. The third-order valence-corrected chi connectivity index (χ3v) is 4.00. The molecule has 5 nitrogen and oxygen atoms in total. The Hall–Kier alpha value is -3.47. The van der Waals surface area contributed by atoms with E-state index in [1.54, 1.807) is 50.6 Å². The molecular formula is C22H21NO4. The van der Waals surface area contributed by atoms with Crippen molar-refractivity contribution >= 4 is 11.6 Å². The minimum atomic E-state index is -0.258. The lowest BCUT2D eigenvalue weighted by Crippen LogP contribution is -2.13. The topological polar surface area (TPSA) is 56.8 Å². The number of amides is 1. The maximum absolute atomic E-state index is 12.6. The molecule has 138 valence electrons. The van der Waals surface area contributed by atoms with Crippen molar-refractivity contribution in [3.8, 4) is 17.2 Å². The van der Waals surface area contributed by atoms with Gasteiger partial charge in [-0.15, -0.1) is 0 Å². The number of hydrogen-bond acceptors (Lipinski definition) is 4. The second kappa shape index (κ2) is 8.76. The van der Waals surface area contributed by atoms with Crippen LogP contribution in [0.4, 0.5) is 5.69 Å². The summed E-state index contributed by atoms with van der Waals surface area (Å²) >= 11 is 0. The molecule has 27 heavy (non-hydrogen) atoms. The van der Waals surface area contributed by atoms with E-state index in [-0.39, 0.29) is 5.91 Å². The molecule has 1 N–H and O–H groups in total. The lowest BCUT2D eigenvalue weighted by Gasteiger charge is -2.12. The fourth-order valence-electron chi connectivity index (χ4n) is 2.57. The van der Waals surface area contributed by atoms with Crippen LogP contribution in [-0.4, -0.2) is 20.1 Å². The molecule has 3 rings (SSSR count). The van der Waals surface area contributed by atoms with Gasteiger partial charge in [0.15, 0.2) is 0 Å². The lowest BCUT2D eigenvalue weighted by molar-refractivity contribution is 0.102. The predicted molar refractivity (Wildman–Crippen MR) is 105 cm³/mol. The number of ether oxygens (including phenoxy) is 3. The van der Waals surface area contributed by atoms with Crippen molar-refractivity contribution in [2.75, 3.05) is 19.5 Å². The smallest absolute Gasteiger partial charge is 0.255 e. The summed E-state index contributed by atoms with van der Waals surface area (Å²) in [5.74, 6) is 1.56. The summed E-state index contributed by atoms with van der Waals surface area (Å²) in [7, 11) is 3.12. The van der Waals surface area contributed by atoms with Crippen molar-refractivity contribution in [1.82, 2.24) is 0 Å². The van der Waals surface area contributed by atoms with Crippen molar-refractivity contribution in [1.29, 1.82) is 0 Å². The molecule has 0 spiro atoms. The monoisotopic (exact) mass is 363 g/mol. The quantitative estimate of drug-likeness (QED) is 0.670. The summed E-state index contributed by atoms with van der Waals surface area (Å²) in [6, 6.07) is 22.2. The molecule has 1 amide bonds. The molecule has 0 radical (unpaired) electrons. The molecular weight excluding hydrogens is 342 g/mol. The van der Waals surface area contributed by atoms with Gasteiger partial charge in [-0.05, 0) is 35.9 Å². The van der Waals surface area contributed by atoms with Gasteiger partial charge in [0, 0.05) is 11.6 Å². The van der Waals surface area contributed by atoms with E-state index in [1.165, 1.54) is 0 Å². The molecule has 0 bridgehead atoms. The summed E-state index contributed by atoms with van der Waals surface area (Å²) in [4.78, 5) is 12.6. The van der Waals surface area contributed by atoms with Gasteiger partial charge >= 0.3 is 0 Å². The number of benzene rings is 3. The maximum atomic E-state index is 12.6. The normalized spacial score (nSPS) is 10.1. The molecule has 0 aliphatic rings. The molecule has 0 saturated carbocycles. The first-order valence-corrected chi connectivity index (χ1v) is 8.50. The van der Waals surface area contributed by atoms with Gasteiger partial charge in [0.2, 0.25) is 0 Å². The number of carbonyl (C=O) groups is 1. The molecule has 0 heterocycles. The minimum Gasteiger partial charge on any atom is -0.497 e. The molecule has 0 aliphatic carbocycles. The van der Waals surface area contributed by atoms with Crippen LogP contribution in [-0.2, 0) is 6.61 Å². The van der Waals surface area contributed by atoms with E-state index in [9.17, 15) is 4.79 Å². The van der Waals surface area contributed by atoms with Gasteiger partial charge < -0.3 is 19.5 Å². The molecule has 0 aliphatic heterocycles. The first-order valence-electron chi connectivity index (χ1n) is 8.50. The van der Waals surface area contributed by atoms with Gasteiger partial charge in [0.05, 0.1) is 19.9 Å². The Morgan fingerprint density at radius 3 is 2.41 bits per heavy atom. The highest BCUT2D eigenvalue weighted by Crippen LogP contribution is 2.29. The van der Waals surface area contributed by atoms with Crippen LogP contribution in [0.2, 0.25) is 0 Å². The van der Waals surface area contributed by atoms with Crippen LogP contribution < -0.4 is 19.5 Å². The summed E-state index contributed by atoms with van der Waals surface area (Å²) < 4.78 is 16.3. The van der Waals surface area contributed by atoms with Crippen LogP contribution in [0.1, 0.15) is 15.9 Å². The number of rotatable bonds is 7.